The highest BCUT2D eigenvalue weighted by molar-refractivity contribution is 5.71. The summed E-state index contributed by atoms with van der Waals surface area (Å²) in [7, 11) is 0. The van der Waals surface area contributed by atoms with E-state index in [1.165, 1.54) is 0 Å². The Morgan fingerprint density at radius 3 is 2.95 bits per heavy atom. The average molecular weight is 293 g/mol. The summed E-state index contributed by atoms with van der Waals surface area (Å²) in [6.45, 7) is 7.82. The molecular formula is C17H19N5. The van der Waals surface area contributed by atoms with Gasteiger partial charge in [-0.1, -0.05) is 12.2 Å². The van der Waals surface area contributed by atoms with Crippen molar-refractivity contribution < 1.29 is 0 Å². The minimum atomic E-state index is -0.400. The highest BCUT2D eigenvalue weighted by Crippen LogP contribution is 2.33. The summed E-state index contributed by atoms with van der Waals surface area (Å²) in [6, 6.07) is 6.25. The van der Waals surface area contributed by atoms with Crippen molar-refractivity contribution in [1.82, 2.24) is 19.4 Å². The largest absolute Gasteiger partial charge is 0.347 e. The number of hydrogen-bond donors (Lipinski definition) is 0. The third kappa shape index (κ3) is 2.08. The van der Waals surface area contributed by atoms with E-state index in [-0.39, 0.29) is 0 Å². The molecule has 0 radical (unpaired) electrons. The van der Waals surface area contributed by atoms with Crippen LogP contribution < -0.4 is 0 Å². The van der Waals surface area contributed by atoms with Crippen molar-refractivity contribution in [3.05, 3.63) is 48.1 Å². The molecule has 0 atom stereocenters. The number of nitriles is 1. The number of aryl methyl sites for hydroxylation is 1. The monoisotopic (exact) mass is 293 g/mol. The number of nitrogens with zero attached hydrogens (tertiary/aromatic N) is 5. The lowest BCUT2D eigenvalue weighted by Gasteiger charge is -2.39. The van der Waals surface area contributed by atoms with Gasteiger partial charge in [-0.3, -0.25) is 0 Å². The summed E-state index contributed by atoms with van der Waals surface area (Å²) in [4.78, 5) is 11.2. The molecule has 2 aromatic rings. The summed E-state index contributed by atoms with van der Waals surface area (Å²) in [5.74, 6) is 0.931. The van der Waals surface area contributed by atoms with E-state index in [9.17, 15) is 5.26 Å². The minimum absolute atomic E-state index is 0.400. The van der Waals surface area contributed by atoms with Crippen LogP contribution in [-0.2, 0) is 12.1 Å². The summed E-state index contributed by atoms with van der Waals surface area (Å²) in [5, 5.41) is 9.40. The third-order valence-electron chi connectivity index (χ3n) is 4.15. The first kappa shape index (κ1) is 14.3. The Kier molecular flexibility index (Phi) is 3.45. The first-order valence-electron chi connectivity index (χ1n) is 7.46. The Labute approximate surface area is 130 Å². The van der Waals surface area contributed by atoms with Crippen molar-refractivity contribution in [1.29, 1.82) is 5.26 Å². The number of hydrogen-bond acceptors (Lipinski definition) is 4. The van der Waals surface area contributed by atoms with Gasteiger partial charge in [-0.2, -0.15) is 5.26 Å². The highest BCUT2D eigenvalue weighted by atomic mass is 15.3. The molecule has 0 saturated carbocycles. The van der Waals surface area contributed by atoms with Gasteiger partial charge in [-0.25, -0.2) is 9.97 Å². The lowest BCUT2D eigenvalue weighted by Crippen LogP contribution is -2.43. The minimum Gasteiger partial charge on any atom is -0.347 e. The normalized spacial score (nSPS) is 15.0. The van der Waals surface area contributed by atoms with E-state index in [0.717, 1.165) is 23.5 Å². The van der Waals surface area contributed by atoms with Crippen molar-refractivity contribution in [2.24, 2.45) is 0 Å². The number of rotatable bonds is 3. The van der Waals surface area contributed by atoms with Crippen molar-refractivity contribution in [2.45, 2.75) is 32.9 Å². The molecule has 0 N–H and O–H groups in total. The van der Waals surface area contributed by atoms with Gasteiger partial charge in [0.2, 0.25) is 0 Å². The van der Waals surface area contributed by atoms with Crippen LogP contribution in [0.25, 0.3) is 11.2 Å². The second-order valence-electron chi connectivity index (χ2n) is 5.79. The van der Waals surface area contributed by atoms with Gasteiger partial charge in [-0.15, -0.1) is 0 Å². The maximum atomic E-state index is 9.40. The molecule has 2 aromatic heterocycles. The van der Waals surface area contributed by atoms with Crippen LogP contribution in [0.2, 0.25) is 0 Å². The lowest BCUT2D eigenvalue weighted by atomic mass is 9.99. The van der Waals surface area contributed by atoms with Crippen molar-refractivity contribution in [2.75, 3.05) is 6.54 Å². The van der Waals surface area contributed by atoms with Crippen LogP contribution in [0, 0.1) is 11.3 Å². The van der Waals surface area contributed by atoms with Crippen LogP contribution in [0.3, 0.4) is 0 Å². The van der Waals surface area contributed by atoms with Gasteiger partial charge in [0.25, 0.3) is 0 Å². The number of fused-ring (bicyclic) bond motifs is 1. The molecule has 1 aliphatic heterocycles. The molecule has 0 aromatic carbocycles. The molecule has 112 valence electrons. The van der Waals surface area contributed by atoms with Gasteiger partial charge >= 0.3 is 0 Å². The van der Waals surface area contributed by atoms with Crippen LogP contribution in [0.5, 0.6) is 0 Å². The van der Waals surface area contributed by atoms with Gasteiger partial charge in [-0.05, 0) is 39.0 Å². The second kappa shape index (κ2) is 5.30. The summed E-state index contributed by atoms with van der Waals surface area (Å²) in [6.07, 6.45) is 7.59. The number of aromatic nitrogens is 3. The molecule has 0 saturated heterocycles. The Bertz CT molecular complexity index is 804. The zero-order valence-electron chi connectivity index (χ0n) is 13.1. The molecule has 3 rings (SSSR count). The summed E-state index contributed by atoms with van der Waals surface area (Å²) >= 11 is 0. The van der Waals surface area contributed by atoms with Crippen LogP contribution in [0.1, 0.15) is 26.6 Å². The average Bonchev–Trinajstić information content (AvgIpc) is 2.94. The van der Waals surface area contributed by atoms with Gasteiger partial charge < -0.3 is 9.47 Å². The van der Waals surface area contributed by atoms with E-state index in [2.05, 4.69) is 47.4 Å². The van der Waals surface area contributed by atoms with E-state index in [4.69, 9.17) is 4.98 Å². The Hall–Kier alpha value is -2.61. The quantitative estimate of drug-likeness (QED) is 0.873. The molecule has 0 aliphatic carbocycles. The fourth-order valence-electron chi connectivity index (χ4n) is 3.01. The maximum absolute atomic E-state index is 9.40. The molecule has 0 amide bonds. The van der Waals surface area contributed by atoms with E-state index >= 15 is 0 Å². The van der Waals surface area contributed by atoms with E-state index in [0.29, 0.717) is 12.2 Å². The molecule has 0 fully saturated rings. The molecule has 22 heavy (non-hydrogen) atoms. The SMILES string of the molecule is CCn1c(C(C)(C)N2CC=CC=C2C#N)nc2ncccc21. The summed E-state index contributed by atoms with van der Waals surface area (Å²) in [5.41, 5.74) is 2.05. The zero-order chi connectivity index (χ0) is 15.7. The topological polar surface area (TPSA) is 57.7 Å². The van der Waals surface area contributed by atoms with Gasteiger partial charge in [0.05, 0.1) is 11.1 Å². The van der Waals surface area contributed by atoms with E-state index in [1.807, 2.05) is 24.3 Å². The molecule has 5 nitrogen and oxygen atoms in total. The smallest absolute Gasteiger partial charge is 0.178 e. The predicted molar refractivity (Wildman–Crippen MR) is 85.8 cm³/mol. The Balaban J connectivity index is 2.15. The molecule has 0 unspecified atom stereocenters. The molecule has 1 aliphatic rings. The van der Waals surface area contributed by atoms with Crippen molar-refractivity contribution >= 4 is 11.2 Å². The number of allylic oxidation sites excluding steroid dienone is 3. The van der Waals surface area contributed by atoms with E-state index < -0.39 is 5.54 Å². The van der Waals surface area contributed by atoms with Gasteiger partial charge in [0.15, 0.2) is 5.65 Å². The Morgan fingerprint density at radius 2 is 2.23 bits per heavy atom. The van der Waals surface area contributed by atoms with Crippen LogP contribution in [0.15, 0.2) is 42.3 Å². The highest BCUT2D eigenvalue weighted by Gasteiger charge is 2.35. The van der Waals surface area contributed by atoms with Gasteiger partial charge in [0.1, 0.15) is 17.6 Å². The second-order valence-corrected chi connectivity index (χ2v) is 5.79. The predicted octanol–water partition coefficient (Wildman–Crippen LogP) is 2.97. The summed E-state index contributed by atoms with van der Waals surface area (Å²) < 4.78 is 2.18. The lowest BCUT2D eigenvalue weighted by molar-refractivity contribution is 0.174. The number of pyridine rings is 1. The first-order valence-corrected chi connectivity index (χ1v) is 7.46. The Morgan fingerprint density at radius 1 is 1.41 bits per heavy atom. The first-order chi connectivity index (χ1) is 10.6. The molecular weight excluding hydrogens is 274 g/mol. The van der Waals surface area contributed by atoms with Crippen LogP contribution in [0.4, 0.5) is 0 Å². The molecule has 0 spiro atoms. The molecule has 0 bridgehead atoms. The maximum Gasteiger partial charge on any atom is 0.178 e. The molecule has 3 heterocycles. The van der Waals surface area contributed by atoms with Crippen molar-refractivity contribution in [3.8, 4) is 6.07 Å². The van der Waals surface area contributed by atoms with Crippen molar-refractivity contribution in [3.63, 3.8) is 0 Å². The number of imidazole rings is 1. The third-order valence-corrected chi connectivity index (χ3v) is 4.15. The van der Waals surface area contributed by atoms with Gasteiger partial charge in [0, 0.05) is 19.3 Å². The van der Waals surface area contributed by atoms with E-state index in [1.54, 1.807) is 6.20 Å². The fourth-order valence-corrected chi connectivity index (χ4v) is 3.01. The van der Waals surface area contributed by atoms with Crippen LogP contribution in [-0.4, -0.2) is 26.0 Å². The molecule has 5 heteroatoms. The van der Waals surface area contributed by atoms with Crippen LogP contribution >= 0.6 is 0 Å². The zero-order valence-corrected chi connectivity index (χ0v) is 13.1. The standard InChI is InChI=1S/C17H19N5/c1-4-21-14-9-7-10-19-15(14)20-16(21)17(2,3)22-11-6-5-8-13(22)12-18/h5-10H,4,11H2,1-3H3. The fraction of sp³-hybridized carbons (Fsp3) is 0.353.